The van der Waals surface area contributed by atoms with Gasteiger partial charge in [0.2, 0.25) is 0 Å². The number of nitro groups is 1. The quantitative estimate of drug-likeness (QED) is 0.205. The second kappa shape index (κ2) is 9.20. The fraction of sp³-hybridized carbons (Fsp3) is 0.250. The summed E-state index contributed by atoms with van der Waals surface area (Å²) < 4.78 is 0. The van der Waals surface area contributed by atoms with Gasteiger partial charge < -0.3 is 5.32 Å². The number of hydrogen-bond acceptors (Lipinski definition) is 4. The number of thioether (sulfide) groups is 1. The summed E-state index contributed by atoms with van der Waals surface area (Å²) in [7, 11) is 0. The maximum atomic E-state index is 11.5. The predicted octanol–water partition coefficient (Wildman–Crippen LogP) is 8.59. The van der Waals surface area contributed by atoms with Crippen LogP contribution in [0.2, 0.25) is 15.1 Å². The number of rotatable bonds is 4. The summed E-state index contributed by atoms with van der Waals surface area (Å²) in [5, 5.41) is 16.6. The van der Waals surface area contributed by atoms with E-state index in [1.165, 1.54) is 17.8 Å². The number of nitrogens with zero attached hydrogens (tertiary/aromatic N) is 1. The molecule has 9 heteroatoms. The van der Waals surface area contributed by atoms with Crippen LogP contribution in [-0.4, -0.2) is 15.6 Å². The Hall–Kier alpha value is -1.63. The van der Waals surface area contributed by atoms with Gasteiger partial charge in [-0.15, -0.1) is 23.4 Å². The molecule has 3 aromatic carbocycles. The molecule has 0 aromatic heterocycles. The largest absolute Gasteiger partial charge is 0.376 e. The molecule has 170 valence electrons. The number of halogens is 4. The topological polar surface area (TPSA) is 55.2 Å². The molecule has 33 heavy (non-hydrogen) atoms. The molecule has 2 aliphatic rings. The van der Waals surface area contributed by atoms with Gasteiger partial charge in [0.1, 0.15) is 0 Å². The van der Waals surface area contributed by atoms with E-state index in [1.54, 1.807) is 18.2 Å². The molecule has 4 nitrogen and oxygen atoms in total. The molecule has 5 atom stereocenters. The van der Waals surface area contributed by atoms with Crippen LogP contribution in [0.25, 0.3) is 0 Å². The molecule has 0 bridgehead atoms. The van der Waals surface area contributed by atoms with Crippen LogP contribution in [0, 0.1) is 16.0 Å². The Morgan fingerprint density at radius 2 is 1.70 bits per heavy atom. The lowest BCUT2D eigenvalue weighted by atomic mass is 9.77. The molecule has 1 saturated carbocycles. The van der Waals surface area contributed by atoms with Gasteiger partial charge >= 0.3 is 0 Å². The highest BCUT2D eigenvalue weighted by Gasteiger charge is 2.51. The zero-order valence-corrected chi connectivity index (χ0v) is 20.9. The summed E-state index contributed by atoms with van der Waals surface area (Å²) in [5.41, 5.74) is 2.86. The lowest BCUT2D eigenvalue weighted by Crippen LogP contribution is -2.31. The van der Waals surface area contributed by atoms with Crippen LogP contribution in [0.3, 0.4) is 0 Å². The van der Waals surface area contributed by atoms with Crippen LogP contribution in [0.15, 0.2) is 65.6 Å². The van der Waals surface area contributed by atoms with Gasteiger partial charge in [0.15, 0.2) is 0 Å². The molecule has 0 spiro atoms. The van der Waals surface area contributed by atoms with Crippen LogP contribution in [0.1, 0.15) is 29.5 Å². The summed E-state index contributed by atoms with van der Waals surface area (Å²) in [4.78, 5) is 11.8. The maximum Gasteiger partial charge on any atom is 0.282 e. The van der Waals surface area contributed by atoms with Gasteiger partial charge in [0.25, 0.3) is 5.69 Å². The van der Waals surface area contributed by atoms with E-state index in [9.17, 15) is 10.1 Å². The minimum absolute atomic E-state index is 0.0411. The van der Waals surface area contributed by atoms with Crippen LogP contribution < -0.4 is 5.32 Å². The lowest BCUT2D eigenvalue weighted by molar-refractivity contribution is -0.387. The van der Waals surface area contributed by atoms with E-state index in [4.69, 9.17) is 46.4 Å². The highest BCUT2D eigenvalue weighted by atomic mass is 35.5. The first kappa shape index (κ1) is 23.1. The minimum Gasteiger partial charge on any atom is -0.376 e. The van der Waals surface area contributed by atoms with Gasteiger partial charge in [0, 0.05) is 27.3 Å². The zero-order valence-electron chi connectivity index (χ0n) is 17.1. The van der Waals surface area contributed by atoms with Crippen molar-refractivity contribution in [3.63, 3.8) is 0 Å². The summed E-state index contributed by atoms with van der Waals surface area (Å²) >= 11 is 28.1. The van der Waals surface area contributed by atoms with E-state index in [0.29, 0.717) is 20.0 Å². The SMILES string of the molecule is O=[N+]([O-])c1ccccc1S[C@H]1C[C@H]2[C@@H](c3cc(Cl)cc(Cl)c3N[C@@H]2c2ccccc2Cl)[C@H]1Cl. The first-order valence-electron chi connectivity index (χ1n) is 10.4. The van der Waals surface area contributed by atoms with Gasteiger partial charge in [-0.2, -0.15) is 0 Å². The average Bonchev–Trinajstić information content (AvgIpc) is 3.10. The summed E-state index contributed by atoms with van der Waals surface area (Å²) in [6, 6.07) is 18.1. The molecule has 1 aliphatic heterocycles. The minimum atomic E-state index is -0.351. The number of nitro benzene ring substituents is 1. The van der Waals surface area contributed by atoms with Crippen molar-refractivity contribution in [1.82, 2.24) is 0 Å². The average molecular weight is 540 g/mol. The molecule has 1 fully saturated rings. The molecule has 0 saturated heterocycles. The van der Waals surface area contributed by atoms with Gasteiger partial charge in [-0.05, 0) is 47.7 Å². The fourth-order valence-electron chi connectivity index (χ4n) is 5.05. The highest BCUT2D eigenvalue weighted by Crippen LogP contribution is 2.59. The van der Waals surface area contributed by atoms with Crippen LogP contribution in [0.4, 0.5) is 11.4 Å². The van der Waals surface area contributed by atoms with Crippen molar-refractivity contribution >= 4 is 69.5 Å². The molecule has 5 rings (SSSR count). The first-order chi connectivity index (χ1) is 15.8. The normalized spacial score (nSPS) is 25.8. The number of para-hydroxylation sites is 1. The Labute approximate surface area is 215 Å². The molecule has 0 radical (unpaired) electrons. The van der Waals surface area contributed by atoms with Crippen molar-refractivity contribution < 1.29 is 4.92 Å². The van der Waals surface area contributed by atoms with Crippen LogP contribution in [-0.2, 0) is 0 Å². The molecule has 0 unspecified atom stereocenters. The Morgan fingerprint density at radius 3 is 2.45 bits per heavy atom. The number of benzene rings is 3. The molecule has 3 aromatic rings. The van der Waals surface area contributed by atoms with E-state index in [-0.39, 0.29) is 39.1 Å². The third kappa shape index (κ3) is 4.19. The molecule has 0 amide bonds. The summed E-state index contributed by atoms with van der Waals surface area (Å²) in [6.07, 6.45) is 0.752. The van der Waals surface area contributed by atoms with E-state index in [1.807, 2.05) is 36.4 Å². The lowest BCUT2D eigenvalue weighted by Gasteiger charge is -2.39. The van der Waals surface area contributed by atoms with Gasteiger partial charge in [-0.25, -0.2) is 0 Å². The van der Waals surface area contributed by atoms with Crippen molar-refractivity contribution in [2.45, 2.75) is 33.9 Å². The monoisotopic (exact) mass is 538 g/mol. The number of hydrogen-bond donors (Lipinski definition) is 1. The van der Waals surface area contributed by atoms with E-state index < -0.39 is 0 Å². The van der Waals surface area contributed by atoms with Gasteiger partial charge in [0.05, 0.1) is 31.9 Å². The standard InChI is InChI=1S/C24H18Cl4N2O2S/c25-12-9-14-21-15(11-20(22(21)28)33-19-8-4-3-7-18(19)30(31)32)23(29-24(14)17(27)10-12)13-5-1-2-6-16(13)26/h1-10,15,20-23,29H,11H2/t15-,20-,21+,22-,23+/m0/s1. The molecule has 1 aliphatic carbocycles. The van der Waals surface area contributed by atoms with E-state index in [2.05, 4.69) is 5.32 Å². The molecular weight excluding hydrogens is 522 g/mol. The first-order valence-corrected chi connectivity index (χ1v) is 12.8. The number of fused-ring (bicyclic) bond motifs is 3. The third-order valence-electron chi connectivity index (χ3n) is 6.42. The van der Waals surface area contributed by atoms with Crippen molar-refractivity contribution in [3.8, 4) is 0 Å². The molecule has 1 N–H and O–H groups in total. The molecular formula is C24H18Cl4N2O2S. The van der Waals surface area contributed by atoms with Crippen molar-refractivity contribution in [1.29, 1.82) is 0 Å². The second-order valence-electron chi connectivity index (χ2n) is 8.25. The Morgan fingerprint density at radius 1 is 0.970 bits per heavy atom. The maximum absolute atomic E-state index is 11.5. The van der Waals surface area contributed by atoms with E-state index >= 15 is 0 Å². The third-order valence-corrected chi connectivity index (χ3v) is 9.39. The summed E-state index contributed by atoms with van der Waals surface area (Å²) in [6.45, 7) is 0. The molecule has 1 heterocycles. The zero-order chi connectivity index (χ0) is 23.3. The van der Waals surface area contributed by atoms with Crippen molar-refractivity contribution in [2.75, 3.05) is 5.32 Å². The second-order valence-corrected chi connectivity index (χ2v) is 11.3. The van der Waals surface area contributed by atoms with Crippen LogP contribution in [0.5, 0.6) is 0 Å². The summed E-state index contributed by atoms with van der Waals surface area (Å²) in [5.74, 6) is 0.0651. The Kier molecular flexibility index (Phi) is 6.45. The number of nitrogens with one attached hydrogen (secondary N) is 1. The smallest absolute Gasteiger partial charge is 0.282 e. The highest BCUT2D eigenvalue weighted by molar-refractivity contribution is 8.00. The Bertz CT molecular complexity index is 1240. The van der Waals surface area contributed by atoms with Crippen LogP contribution >= 0.6 is 58.2 Å². The Balaban J connectivity index is 1.58. The van der Waals surface area contributed by atoms with E-state index in [0.717, 1.165) is 23.2 Å². The van der Waals surface area contributed by atoms with Crippen molar-refractivity contribution in [2.24, 2.45) is 5.92 Å². The van der Waals surface area contributed by atoms with Crippen molar-refractivity contribution in [3.05, 3.63) is 97.0 Å². The van der Waals surface area contributed by atoms with Gasteiger partial charge in [-0.1, -0.05) is 65.1 Å². The van der Waals surface area contributed by atoms with Gasteiger partial charge in [-0.3, -0.25) is 10.1 Å². The predicted molar refractivity (Wildman–Crippen MR) is 138 cm³/mol. The fourth-order valence-corrected chi connectivity index (χ4v) is 7.81. The number of anilines is 1. The number of alkyl halides is 1.